The van der Waals surface area contributed by atoms with Crippen LogP contribution in [0.5, 0.6) is 5.75 Å². The number of aromatic nitrogens is 3. The van der Waals surface area contributed by atoms with E-state index in [1.165, 1.54) is 17.0 Å². The molecule has 3 aromatic rings. The van der Waals surface area contributed by atoms with Crippen LogP contribution in [0.15, 0.2) is 48.8 Å². The molecule has 0 atom stereocenters. The van der Waals surface area contributed by atoms with Crippen molar-refractivity contribution in [2.75, 3.05) is 7.05 Å². The number of hydrogen-bond acceptors (Lipinski definition) is 4. The fraction of sp³-hybridized carbons (Fsp3) is 0.167. The van der Waals surface area contributed by atoms with Gasteiger partial charge < -0.3 is 9.64 Å². The maximum Gasteiger partial charge on any atom is 0.274 e. The third kappa shape index (κ3) is 4.21. The number of amides is 1. The molecule has 0 aliphatic carbocycles. The fourth-order valence-corrected chi connectivity index (χ4v) is 2.33. The molecule has 134 valence electrons. The number of carbonyl (C=O) groups excluding carboxylic acids is 1. The molecule has 0 radical (unpaired) electrons. The third-order valence-electron chi connectivity index (χ3n) is 3.62. The van der Waals surface area contributed by atoms with Crippen LogP contribution in [-0.4, -0.2) is 33.0 Å². The van der Waals surface area contributed by atoms with E-state index < -0.39 is 11.6 Å². The molecular weight excluding hydrogens is 342 g/mol. The minimum Gasteiger partial charge on any atom is -0.484 e. The molecule has 3 rings (SSSR count). The van der Waals surface area contributed by atoms with Crippen LogP contribution >= 0.6 is 0 Å². The number of ether oxygens (including phenoxy) is 1. The SMILES string of the molecule is CN(Cc1cccnc1)C(=O)c1cc(COc2ccc(F)cc2F)[nH]n1. The molecule has 0 saturated heterocycles. The highest BCUT2D eigenvalue weighted by Gasteiger charge is 2.16. The van der Waals surface area contributed by atoms with Gasteiger partial charge in [0.1, 0.15) is 12.4 Å². The van der Waals surface area contributed by atoms with Crippen LogP contribution in [0.3, 0.4) is 0 Å². The zero-order chi connectivity index (χ0) is 18.5. The lowest BCUT2D eigenvalue weighted by atomic mass is 10.2. The van der Waals surface area contributed by atoms with E-state index in [0.717, 1.165) is 17.7 Å². The number of benzene rings is 1. The highest BCUT2D eigenvalue weighted by Crippen LogP contribution is 2.19. The summed E-state index contributed by atoms with van der Waals surface area (Å²) < 4.78 is 31.7. The first kappa shape index (κ1) is 17.5. The molecule has 6 nitrogen and oxygen atoms in total. The topological polar surface area (TPSA) is 71.1 Å². The summed E-state index contributed by atoms with van der Waals surface area (Å²) in [6.45, 7) is 0.362. The molecule has 0 aliphatic heterocycles. The van der Waals surface area contributed by atoms with Gasteiger partial charge in [-0.25, -0.2) is 8.78 Å². The molecule has 26 heavy (non-hydrogen) atoms. The maximum absolute atomic E-state index is 13.5. The first-order valence-electron chi connectivity index (χ1n) is 7.79. The van der Waals surface area contributed by atoms with Gasteiger partial charge in [-0.1, -0.05) is 6.07 Å². The van der Waals surface area contributed by atoms with Crippen LogP contribution in [0.2, 0.25) is 0 Å². The number of nitrogens with zero attached hydrogens (tertiary/aromatic N) is 3. The minimum absolute atomic E-state index is 0.0326. The summed E-state index contributed by atoms with van der Waals surface area (Å²) in [5, 5.41) is 6.64. The molecule has 8 heteroatoms. The summed E-state index contributed by atoms with van der Waals surface area (Å²) in [4.78, 5) is 17.9. The number of hydrogen-bond donors (Lipinski definition) is 1. The van der Waals surface area contributed by atoms with Gasteiger partial charge in [-0.05, 0) is 29.8 Å². The molecule has 2 heterocycles. The van der Waals surface area contributed by atoms with Gasteiger partial charge in [0.25, 0.3) is 5.91 Å². The molecule has 2 aromatic heterocycles. The van der Waals surface area contributed by atoms with Crippen molar-refractivity contribution in [3.05, 3.63) is 77.4 Å². The van der Waals surface area contributed by atoms with E-state index in [1.54, 1.807) is 25.5 Å². The number of rotatable bonds is 6. The van der Waals surface area contributed by atoms with Crippen molar-refractivity contribution in [1.82, 2.24) is 20.1 Å². The lowest BCUT2D eigenvalue weighted by Crippen LogP contribution is -2.26. The van der Waals surface area contributed by atoms with Gasteiger partial charge in [0.2, 0.25) is 0 Å². The van der Waals surface area contributed by atoms with Crippen LogP contribution in [0.25, 0.3) is 0 Å². The first-order chi connectivity index (χ1) is 12.5. The smallest absolute Gasteiger partial charge is 0.274 e. The second kappa shape index (κ2) is 7.73. The summed E-state index contributed by atoms with van der Waals surface area (Å²) >= 11 is 0. The summed E-state index contributed by atoms with van der Waals surface area (Å²) in [7, 11) is 1.66. The van der Waals surface area contributed by atoms with Crippen molar-refractivity contribution in [2.45, 2.75) is 13.2 Å². The van der Waals surface area contributed by atoms with Gasteiger partial charge in [0.05, 0.1) is 5.69 Å². The zero-order valence-electron chi connectivity index (χ0n) is 13.9. The second-order valence-corrected chi connectivity index (χ2v) is 5.66. The van der Waals surface area contributed by atoms with Crippen LogP contribution in [0, 0.1) is 11.6 Å². The Morgan fingerprint density at radius 1 is 1.27 bits per heavy atom. The molecule has 1 N–H and O–H groups in total. The van der Waals surface area contributed by atoms with Crippen molar-refractivity contribution in [3.8, 4) is 5.75 Å². The number of H-pyrrole nitrogens is 1. The number of nitrogens with one attached hydrogen (secondary N) is 1. The van der Waals surface area contributed by atoms with E-state index in [2.05, 4.69) is 15.2 Å². The molecule has 0 saturated carbocycles. The van der Waals surface area contributed by atoms with E-state index >= 15 is 0 Å². The Balaban J connectivity index is 1.60. The van der Waals surface area contributed by atoms with Crippen LogP contribution < -0.4 is 4.74 Å². The minimum atomic E-state index is -0.794. The Hall–Kier alpha value is -3.29. The standard InChI is InChI=1S/C18H16F2N4O2/c1-24(10-12-3-2-6-21-9-12)18(25)16-8-14(22-23-16)11-26-17-5-4-13(19)7-15(17)20/h2-9H,10-11H2,1H3,(H,22,23). The monoisotopic (exact) mass is 358 g/mol. The molecule has 0 unspecified atom stereocenters. The molecule has 0 fully saturated rings. The highest BCUT2D eigenvalue weighted by atomic mass is 19.1. The summed E-state index contributed by atoms with van der Waals surface area (Å²) in [5.74, 6) is -1.83. The highest BCUT2D eigenvalue weighted by molar-refractivity contribution is 5.92. The van der Waals surface area contributed by atoms with Crippen molar-refractivity contribution >= 4 is 5.91 Å². The first-order valence-corrected chi connectivity index (χ1v) is 7.79. The third-order valence-corrected chi connectivity index (χ3v) is 3.62. The largest absolute Gasteiger partial charge is 0.484 e. The van der Waals surface area contributed by atoms with Gasteiger partial charge in [-0.15, -0.1) is 0 Å². The lowest BCUT2D eigenvalue weighted by molar-refractivity contribution is 0.0779. The molecule has 0 spiro atoms. The summed E-state index contributed by atoms with van der Waals surface area (Å²) in [6.07, 6.45) is 3.35. The van der Waals surface area contributed by atoms with Crippen molar-refractivity contribution in [3.63, 3.8) is 0 Å². The van der Waals surface area contributed by atoms with Crippen LogP contribution in [-0.2, 0) is 13.2 Å². The quantitative estimate of drug-likeness (QED) is 0.735. The van der Waals surface area contributed by atoms with E-state index in [1.807, 2.05) is 6.07 Å². The average Bonchev–Trinajstić information content (AvgIpc) is 3.10. The van der Waals surface area contributed by atoms with Crippen molar-refractivity contribution in [1.29, 1.82) is 0 Å². The number of pyridine rings is 1. The van der Waals surface area contributed by atoms with Gasteiger partial charge >= 0.3 is 0 Å². The number of carbonyl (C=O) groups is 1. The molecule has 0 bridgehead atoms. The predicted molar refractivity (Wildman–Crippen MR) is 89.3 cm³/mol. The molecular formula is C18H16F2N4O2. The maximum atomic E-state index is 13.5. The van der Waals surface area contributed by atoms with E-state index in [4.69, 9.17) is 4.74 Å². The van der Waals surface area contributed by atoms with Gasteiger partial charge in [-0.2, -0.15) is 5.10 Å². The van der Waals surface area contributed by atoms with Crippen molar-refractivity contribution in [2.24, 2.45) is 0 Å². The van der Waals surface area contributed by atoms with Crippen LogP contribution in [0.1, 0.15) is 21.7 Å². The average molecular weight is 358 g/mol. The summed E-state index contributed by atoms with van der Waals surface area (Å²) in [5.41, 5.74) is 1.61. The molecule has 0 aliphatic rings. The Morgan fingerprint density at radius 2 is 2.12 bits per heavy atom. The van der Waals surface area contributed by atoms with Gasteiger partial charge in [0, 0.05) is 32.1 Å². The van der Waals surface area contributed by atoms with E-state index in [9.17, 15) is 13.6 Å². The fourth-order valence-electron chi connectivity index (χ4n) is 2.33. The molecule has 1 aromatic carbocycles. The zero-order valence-corrected chi connectivity index (χ0v) is 13.9. The molecule has 1 amide bonds. The summed E-state index contributed by atoms with van der Waals surface area (Å²) in [6, 6.07) is 8.25. The van der Waals surface area contributed by atoms with Crippen molar-refractivity contribution < 1.29 is 18.3 Å². The predicted octanol–water partition coefficient (Wildman–Crippen LogP) is 2.93. The Kier molecular flexibility index (Phi) is 5.21. The normalized spacial score (nSPS) is 10.6. The van der Waals surface area contributed by atoms with E-state index in [-0.39, 0.29) is 24.0 Å². The Labute approximate surface area is 148 Å². The lowest BCUT2D eigenvalue weighted by Gasteiger charge is -2.15. The van der Waals surface area contributed by atoms with Crippen LogP contribution in [0.4, 0.5) is 8.78 Å². The van der Waals surface area contributed by atoms with E-state index in [0.29, 0.717) is 12.2 Å². The number of aromatic amines is 1. The van der Waals surface area contributed by atoms with Gasteiger partial charge in [-0.3, -0.25) is 14.9 Å². The Bertz CT molecular complexity index is 899. The Morgan fingerprint density at radius 3 is 2.85 bits per heavy atom. The second-order valence-electron chi connectivity index (χ2n) is 5.66. The number of halogens is 2. The van der Waals surface area contributed by atoms with Gasteiger partial charge in [0.15, 0.2) is 17.3 Å².